The second-order valence-electron chi connectivity index (χ2n) is 3.56. The van der Waals surface area contributed by atoms with Crippen molar-refractivity contribution in [3.63, 3.8) is 0 Å². The fourth-order valence-electron chi connectivity index (χ4n) is 1.51. The summed E-state index contributed by atoms with van der Waals surface area (Å²) >= 11 is 1.58. The van der Waals surface area contributed by atoms with Gasteiger partial charge in [-0.2, -0.15) is 0 Å². The van der Waals surface area contributed by atoms with Crippen LogP contribution in [0.4, 0.5) is 0 Å². The molecule has 1 N–H and O–H groups in total. The molecule has 2 aromatic rings. The van der Waals surface area contributed by atoms with Gasteiger partial charge < -0.3 is 5.11 Å². The molecule has 15 heavy (non-hydrogen) atoms. The van der Waals surface area contributed by atoms with Gasteiger partial charge in [0.2, 0.25) is 0 Å². The summed E-state index contributed by atoms with van der Waals surface area (Å²) in [5.41, 5.74) is 2.14. The minimum absolute atomic E-state index is 0.448. The van der Waals surface area contributed by atoms with Crippen molar-refractivity contribution in [2.45, 2.75) is 19.4 Å². The van der Waals surface area contributed by atoms with Gasteiger partial charge in [-0.1, -0.05) is 29.8 Å². The van der Waals surface area contributed by atoms with Gasteiger partial charge in [-0.15, -0.1) is 11.3 Å². The molecular formula is C12H13NOS. The zero-order valence-electron chi connectivity index (χ0n) is 8.55. The van der Waals surface area contributed by atoms with Gasteiger partial charge in [-0.3, -0.25) is 0 Å². The van der Waals surface area contributed by atoms with Crippen LogP contribution in [0.5, 0.6) is 0 Å². The highest BCUT2D eigenvalue weighted by Crippen LogP contribution is 2.20. The van der Waals surface area contributed by atoms with Crippen molar-refractivity contribution in [2.24, 2.45) is 0 Å². The van der Waals surface area contributed by atoms with E-state index in [0.717, 1.165) is 10.6 Å². The Labute approximate surface area is 93.2 Å². The van der Waals surface area contributed by atoms with Crippen molar-refractivity contribution >= 4 is 11.3 Å². The third kappa shape index (κ3) is 2.64. The quantitative estimate of drug-likeness (QED) is 0.861. The van der Waals surface area contributed by atoms with Gasteiger partial charge in [-0.05, 0) is 12.5 Å². The Kier molecular flexibility index (Phi) is 3.14. The monoisotopic (exact) mass is 219 g/mol. The van der Waals surface area contributed by atoms with Crippen molar-refractivity contribution in [1.29, 1.82) is 0 Å². The van der Waals surface area contributed by atoms with Crippen LogP contribution in [0.25, 0.3) is 0 Å². The molecule has 1 heterocycles. The highest BCUT2D eigenvalue weighted by Gasteiger charge is 2.09. The van der Waals surface area contributed by atoms with Gasteiger partial charge in [0.15, 0.2) is 0 Å². The molecule has 3 heteroatoms. The fraction of sp³-hybridized carbons (Fsp3) is 0.250. The zero-order valence-corrected chi connectivity index (χ0v) is 9.37. The minimum atomic E-state index is -0.448. The molecule has 0 bridgehead atoms. The van der Waals surface area contributed by atoms with E-state index in [2.05, 4.69) is 4.98 Å². The number of benzene rings is 1. The lowest BCUT2D eigenvalue weighted by Crippen LogP contribution is -2.01. The highest BCUT2D eigenvalue weighted by molar-refractivity contribution is 7.09. The third-order valence-electron chi connectivity index (χ3n) is 2.28. The van der Waals surface area contributed by atoms with Crippen LogP contribution in [0, 0.1) is 6.92 Å². The summed E-state index contributed by atoms with van der Waals surface area (Å²) in [6, 6.07) is 7.96. The fourth-order valence-corrected chi connectivity index (χ4v) is 2.17. The number of aliphatic hydroxyl groups excluding tert-OH is 1. The summed E-state index contributed by atoms with van der Waals surface area (Å²) in [6.45, 7) is 2.03. The first-order chi connectivity index (χ1) is 7.25. The summed E-state index contributed by atoms with van der Waals surface area (Å²) < 4.78 is 0. The van der Waals surface area contributed by atoms with E-state index in [0.29, 0.717) is 6.42 Å². The van der Waals surface area contributed by atoms with E-state index in [4.69, 9.17) is 0 Å². The molecule has 78 valence electrons. The Morgan fingerprint density at radius 3 is 3.00 bits per heavy atom. The first-order valence-electron chi connectivity index (χ1n) is 4.89. The average Bonchev–Trinajstić information content (AvgIpc) is 2.70. The van der Waals surface area contributed by atoms with Crippen molar-refractivity contribution < 1.29 is 5.11 Å². The molecular weight excluding hydrogens is 206 g/mol. The van der Waals surface area contributed by atoms with Crippen LogP contribution in [0.1, 0.15) is 22.2 Å². The van der Waals surface area contributed by atoms with Crippen molar-refractivity contribution in [1.82, 2.24) is 4.98 Å². The average molecular weight is 219 g/mol. The van der Waals surface area contributed by atoms with Crippen LogP contribution < -0.4 is 0 Å². The summed E-state index contributed by atoms with van der Waals surface area (Å²) in [5, 5.41) is 12.9. The molecule has 1 unspecified atom stereocenters. The Balaban J connectivity index is 2.11. The molecule has 0 aliphatic rings. The van der Waals surface area contributed by atoms with Crippen LogP contribution in [-0.2, 0) is 6.42 Å². The van der Waals surface area contributed by atoms with Crippen LogP contribution in [-0.4, -0.2) is 10.1 Å². The predicted octanol–water partition coefficient (Wildman–Crippen LogP) is 2.73. The Morgan fingerprint density at radius 1 is 1.47 bits per heavy atom. The first-order valence-corrected chi connectivity index (χ1v) is 5.76. The molecule has 0 amide bonds. The van der Waals surface area contributed by atoms with E-state index in [1.165, 1.54) is 5.56 Å². The van der Waals surface area contributed by atoms with Gasteiger partial charge in [-0.25, -0.2) is 4.98 Å². The maximum Gasteiger partial charge on any atom is 0.0954 e. The molecule has 0 radical (unpaired) electrons. The van der Waals surface area contributed by atoms with E-state index in [1.807, 2.05) is 36.6 Å². The van der Waals surface area contributed by atoms with Crippen molar-refractivity contribution in [3.8, 4) is 0 Å². The number of nitrogens with zero attached hydrogens (tertiary/aromatic N) is 1. The second kappa shape index (κ2) is 4.55. The lowest BCUT2D eigenvalue weighted by Gasteiger charge is -2.09. The van der Waals surface area contributed by atoms with E-state index in [-0.39, 0.29) is 0 Å². The molecule has 0 aliphatic carbocycles. The molecule has 0 spiro atoms. The van der Waals surface area contributed by atoms with Crippen molar-refractivity contribution in [2.75, 3.05) is 0 Å². The smallest absolute Gasteiger partial charge is 0.0954 e. The normalized spacial score (nSPS) is 12.7. The standard InChI is InChI=1S/C12H13NOS/c1-9-3-2-4-10(7-9)11(14)8-12-13-5-6-15-12/h2-7,11,14H,8H2,1H3. The van der Waals surface area contributed by atoms with E-state index >= 15 is 0 Å². The molecule has 0 saturated heterocycles. The number of hydrogen-bond acceptors (Lipinski definition) is 3. The summed E-state index contributed by atoms with van der Waals surface area (Å²) in [7, 11) is 0. The topological polar surface area (TPSA) is 33.1 Å². The SMILES string of the molecule is Cc1cccc(C(O)Cc2nccs2)c1. The van der Waals surface area contributed by atoms with E-state index in [9.17, 15) is 5.11 Å². The zero-order chi connectivity index (χ0) is 10.7. The molecule has 2 nitrogen and oxygen atoms in total. The highest BCUT2D eigenvalue weighted by atomic mass is 32.1. The maximum atomic E-state index is 9.98. The van der Waals surface area contributed by atoms with E-state index in [1.54, 1.807) is 17.5 Å². The van der Waals surface area contributed by atoms with Crippen LogP contribution in [0.15, 0.2) is 35.8 Å². The van der Waals surface area contributed by atoms with Gasteiger partial charge in [0.1, 0.15) is 0 Å². The van der Waals surface area contributed by atoms with Crippen LogP contribution >= 0.6 is 11.3 Å². The second-order valence-corrected chi connectivity index (χ2v) is 4.54. The lowest BCUT2D eigenvalue weighted by molar-refractivity contribution is 0.178. The Hall–Kier alpha value is -1.19. The Bertz CT molecular complexity index is 425. The molecule has 1 aromatic carbocycles. The molecule has 0 aliphatic heterocycles. The van der Waals surface area contributed by atoms with Gasteiger partial charge in [0.05, 0.1) is 11.1 Å². The number of hydrogen-bond donors (Lipinski definition) is 1. The first kappa shape index (κ1) is 10.3. The maximum absolute atomic E-state index is 9.98. The number of aliphatic hydroxyl groups is 1. The van der Waals surface area contributed by atoms with Crippen molar-refractivity contribution in [3.05, 3.63) is 52.0 Å². The molecule has 1 atom stereocenters. The van der Waals surface area contributed by atoms with Gasteiger partial charge in [0, 0.05) is 18.0 Å². The van der Waals surface area contributed by atoms with Crippen LogP contribution in [0.2, 0.25) is 0 Å². The third-order valence-corrected chi connectivity index (χ3v) is 3.08. The van der Waals surface area contributed by atoms with E-state index < -0.39 is 6.10 Å². The van der Waals surface area contributed by atoms with Gasteiger partial charge in [0.25, 0.3) is 0 Å². The Morgan fingerprint density at radius 2 is 2.33 bits per heavy atom. The molecule has 0 saturated carbocycles. The molecule has 0 fully saturated rings. The van der Waals surface area contributed by atoms with Gasteiger partial charge >= 0.3 is 0 Å². The number of thiazole rings is 1. The lowest BCUT2D eigenvalue weighted by atomic mass is 10.0. The number of aromatic nitrogens is 1. The largest absolute Gasteiger partial charge is 0.388 e. The molecule has 1 aromatic heterocycles. The number of aryl methyl sites for hydroxylation is 1. The molecule has 2 rings (SSSR count). The summed E-state index contributed by atoms with van der Waals surface area (Å²) in [6.07, 6.45) is 1.92. The summed E-state index contributed by atoms with van der Waals surface area (Å²) in [5.74, 6) is 0. The number of rotatable bonds is 3. The minimum Gasteiger partial charge on any atom is -0.388 e. The van der Waals surface area contributed by atoms with Crippen LogP contribution in [0.3, 0.4) is 0 Å². The summed E-state index contributed by atoms with van der Waals surface area (Å²) in [4.78, 5) is 4.16. The predicted molar refractivity (Wildman–Crippen MR) is 62.0 cm³/mol.